The van der Waals surface area contributed by atoms with Crippen molar-refractivity contribution in [1.82, 2.24) is 0 Å². The summed E-state index contributed by atoms with van der Waals surface area (Å²) in [6.45, 7) is 9.51. The van der Waals surface area contributed by atoms with Gasteiger partial charge in [-0.25, -0.2) is 0 Å². The number of rotatable bonds is 42. The lowest BCUT2D eigenvalue weighted by Crippen LogP contribution is -2.09. The number of benzene rings is 1. The van der Waals surface area contributed by atoms with Crippen LogP contribution in [0.4, 0.5) is 0 Å². The van der Waals surface area contributed by atoms with Crippen LogP contribution in [0.1, 0.15) is 242 Å². The van der Waals surface area contributed by atoms with Crippen molar-refractivity contribution in [3.8, 4) is 5.75 Å². The minimum absolute atomic E-state index is 0.150. The van der Waals surface area contributed by atoms with Gasteiger partial charge in [0.15, 0.2) is 0 Å². The molecule has 1 aromatic carbocycles. The number of unbranched alkanes of at least 4 members (excludes halogenated alkanes) is 30. The number of aryl methyl sites for hydroxylation is 1. The monoisotopic (exact) mass is 835 g/mol. The summed E-state index contributed by atoms with van der Waals surface area (Å²) in [5.74, 6) is 1.80. The van der Waals surface area contributed by atoms with Crippen LogP contribution in [-0.4, -0.2) is 41.8 Å². The summed E-state index contributed by atoms with van der Waals surface area (Å²) in [6.07, 6.45) is 42.5. The van der Waals surface area contributed by atoms with Crippen LogP contribution in [0.3, 0.4) is 0 Å². The number of hydrogen-bond donors (Lipinski definition) is 1. The summed E-state index contributed by atoms with van der Waals surface area (Å²) in [4.78, 5) is 24.8. The number of esters is 2. The number of phenolic OH excluding ortho intramolecular Hbond substituents is 1. The Balaban J connectivity index is 2.06. The SMILES string of the molecule is CCCCCCCCCCCCCCCCCCOC(=O)CSCc1cc(C)c(O)c(CSCC(=O)OCCCCCCCCCCCCCCCCCC)c1C. The summed E-state index contributed by atoms with van der Waals surface area (Å²) >= 11 is 3.04. The molecule has 0 aliphatic carbocycles. The van der Waals surface area contributed by atoms with Crippen LogP contribution in [0.25, 0.3) is 0 Å². The third kappa shape index (κ3) is 32.2. The Morgan fingerprint density at radius 1 is 0.474 bits per heavy atom. The smallest absolute Gasteiger partial charge is 0.315 e. The Morgan fingerprint density at radius 2 is 0.772 bits per heavy atom. The van der Waals surface area contributed by atoms with Crippen molar-refractivity contribution in [2.75, 3.05) is 24.7 Å². The molecular weight excluding hydrogens is 745 g/mol. The number of carbonyl (C=O) groups is 2. The number of ether oxygens (including phenoxy) is 2. The van der Waals surface area contributed by atoms with E-state index in [-0.39, 0.29) is 17.7 Å². The van der Waals surface area contributed by atoms with Crippen molar-refractivity contribution in [3.63, 3.8) is 0 Å². The highest BCUT2D eigenvalue weighted by atomic mass is 32.2. The predicted octanol–water partition coefficient (Wildman–Crippen LogP) is 16.1. The molecular formula is C50H90O5S2. The zero-order valence-corrected chi connectivity index (χ0v) is 39.5. The van der Waals surface area contributed by atoms with Crippen molar-refractivity contribution in [3.05, 3.63) is 28.3 Å². The highest BCUT2D eigenvalue weighted by Gasteiger charge is 2.15. The van der Waals surface area contributed by atoms with E-state index in [9.17, 15) is 14.7 Å². The summed E-state index contributed by atoms with van der Waals surface area (Å²) in [6, 6.07) is 2.01. The molecule has 5 nitrogen and oxygen atoms in total. The number of phenols is 1. The lowest BCUT2D eigenvalue weighted by molar-refractivity contribution is -0.141. The lowest BCUT2D eigenvalue weighted by Gasteiger charge is -2.15. The van der Waals surface area contributed by atoms with E-state index in [0.29, 0.717) is 36.2 Å². The van der Waals surface area contributed by atoms with Crippen molar-refractivity contribution < 1.29 is 24.2 Å². The second-order valence-electron chi connectivity index (χ2n) is 16.8. The molecule has 0 aromatic heterocycles. The third-order valence-electron chi connectivity index (χ3n) is 11.5. The maximum absolute atomic E-state index is 12.4. The van der Waals surface area contributed by atoms with Gasteiger partial charge in [0.2, 0.25) is 0 Å². The minimum Gasteiger partial charge on any atom is -0.507 e. The van der Waals surface area contributed by atoms with Gasteiger partial charge in [-0.15, -0.1) is 23.5 Å². The van der Waals surface area contributed by atoms with Crippen LogP contribution in [0.5, 0.6) is 5.75 Å². The highest BCUT2D eigenvalue weighted by Crippen LogP contribution is 2.33. The molecule has 0 unspecified atom stereocenters. The zero-order chi connectivity index (χ0) is 41.4. The van der Waals surface area contributed by atoms with Gasteiger partial charge in [-0.3, -0.25) is 9.59 Å². The van der Waals surface area contributed by atoms with E-state index >= 15 is 0 Å². The summed E-state index contributed by atoms with van der Waals surface area (Å²) in [5, 5.41) is 10.8. The van der Waals surface area contributed by atoms with Crippen molar-refractivity contribution in [1.29, 1.82) is 0 Å². The van der Waals surface area contributed by atoms with Crippen molar-refractivity contribution >= 4 is 35.5 Å². The van der Waals surface area contributed by atoms with Crippen molar-refractivity contribution in [2.45, 2.75) is 245 Å². The average molecular weight is 835 g/mol. The fourth-order valence-electron chi connectivity index (χ4n) is 7.61. The Bertz CT molecular complexity index is 1090. The van der Waals surface area contributed by atoms with Gasteiger partial charge in [-0.05, 0) is 43.4 Å². The second-order valence-corrected chi connectivity index (χ2v) is 18.8. The molecule has 0 amide bonds. The van der Waals surface area contributed by atoms with Crippen LogP contribution in [-0.2, 0) is 30.6 Å². The molecule has 1 rings (SSSR count). The molecule has 57 heavy (non-hydrogen) atoms. The molecule has 0 fully saturated rings. The van der Waals surface area contributed by atoms with Gasteiger partial charge in [0.25, 0.3) is 0 Å². The summed E-state index contributed by atoms with van der Waals surface area (Å²) in [7, 11) is 0. The van der Waals surface area contributed by atoms with Crippen LogP contribution < -0.4 is 0 Å². The maximum Gasteiger partial charge on any atom is 0.315 e. The Kier molecular flexibility index (Phi) is 37.7. The predicted molar refractivity (Wildman–Crippen MR) is 251 cm³/mol. The molecule has 1 N–H and O–H groups in total. The largest absolute Gasteiger partial charge is 0.507 e. The molecule has 0 saturated heterocycles. The molecule has 0 radical (unpaired) electrons. The lowest BCUT2D eigenvalue weighted by atomic mass is 10.00. The van der Waals surface area contributed by atoms with Gasteiger partial charge in [0, 0.05) is 17.1 Å². The standard InChI is InChI=1S/C50H90O5S2/c1-5-7-9-11-13-15-17-19-21-23-25-27-29-31-33-35-37-54-48(51)42-56-40-46-39-44(3)50(53)47(45(46)4)41-57-43-49(52)55-38-36-34-32-30-28-26-24-22-20-18-16-14-12-10-8-6-2/h39,53H,5-38,40-43H2,1-4H3. The average Bonchev–Trinajstić information content (AvgIpc) is 3.20. The number of carbonyl (C=O) groups excluding carboxylic acids is 2. The van der Waals surface area contributed by atoms with Gasteiger partial charge < -0.3 is 14.6 Å². The normalized spacial score (nSPS) is 11.4. The first kappa shape index (κ1) is 53.7. The minimum atomic E-state index is -0.181. The molecule has 0 heterocycles. The van der Waals surface area contributed by atoms with E-state index < -0.39 is 0 Å². The van der Waals surface area contributed by atoms with Crippen molar-refractivity contribution in [2.24, 2.45) is 0 Å². The van der Waals surface area contributed by atoms with E-state index in [2.05, 4.69) is 13.8 Å². The van der Waals surface area contributed by atoms with Crippen LogP contribution in [0.15, 0.2) is 6.07 Å². The Labute approximate surface area is 361 Å². The van der Waals surface area contributed by atoms with Gasteiger partial charge in [0.1, 0.15) is 5.75 Å². The quantitative estimate of drug-likeness (QED) is 0.0519. The third-order valence-corrected chi connectivity index (χ3v) is 13.3. The zero-order valence-electron chi connectivity index (χ0n) is 37.8. The van der Waals surface area contributed by atoms with E-state index in [1.807, 2.05) is 19.9 Å². The molecule has 0 aliphatic rings. The van der Waals surface area contributed by atoms with Crippen LogP contribution >= 0.6 is 23.5 Å². The van der Waals surface area contributed by atoms with E-state index in [1.54, 1.807) is 11.8 Å². The molecule has 332 valence electrons. The molecule has 0 aliphatic heterocycles. The van der Waals surface area contributed by atoms with Gasteiger partial charge in [-0.1, -0.05) is 213 Å². The summed E-state index contributed by atoms with van der Waals surface area (Å²) < 4.78 is 11.0. The first-order valence-electron chi connectivity index (χ1n) is 24.2. The first-order valence-corrected chi connectivity index (χ1v) is 26.5. The topological polar surface area (TPSA) is 72.8 Å². The fourth-order valence-corrected chi connectivity index (χ4v) is 9.39. The molecule has 0 atom stereocenters. The highest BCUT2D eigenvalue weighted by molar-refractivity contribution is 7.99. The maximum atomic E-state index is 12.4. The van der Waals surface area contributed by atoms with Crippen LogP contribution in [0, 0.1) is 13.8 Å². The Hall–Kier alpha value is -1.34. The molecule has 0 saturated carbocycles. The van der Waals surface area contributed by atoms with E-state index in [0.717, 1.165) is 47.9 Å². The van der Waals surface area contributed by atoms with Crippen LogP contribution in [0.2, 0.25) is 0 Å². The molecule has 0 bridgehead atoms. The van der Waals surface area contributed by atoms with Gasteiger partial charge in [-0.2, -0.15) is 0 Å². The second kappa shape index (κ2) is 40.1. The van der Waals surface area contributed by atoms with Gasteiger partial charge >= 0.3 is 11.9 Å². The fraction of sp³-hybridized carbons (Fsp3) is 0.840. The number of aromatic hydroxyl groups is 1. The molecule has 0 spiro atoms. The summed E-state index contributed by atoms with van der Waals surface area (Å²) in [5.41, 5.74) is 3.83. The van der Waals surface area contributed by atoms with Gasteiger partial charge in [0.05, 0.1) is 24.7 Å². The first-order chi connectivity index (χ1) is 27.9. The molecule has 1 aromatic rings. The van der Waals surface area contributed by atoms with E-state index in [4.69, 9.17) is 9.47 Å². The van der Waals surface area contributed by atoms with E-state index in [1.165, 1.54) is 192 Å². The molecule has 7 heteroatoms. The number of thioether (sulfide) groups is 2. The number of hydrogen-bond acceptors (Lipinski definition) is 7. The Morgan fingerprint density at radius 3 is 1.11 bits per heavy atom.